The molecule has 1 unspecified atom stereocenters. The number of aliphatic carboxylic acids is 1. The molecule has 126 valence electrons. The lowest BCUT2D eigenvalue weighted by Crippen LogP contribution is -2.50. The third-order valence-electron chi connectivity index (χ3n) is 3.95. The van der Waals surface area contributed by atoms with Crippen LogP contribution in [0.3, 0.4) is 0 Å². The molecule has 0 saturated carbocycles. The topological polar surface area (TPSA) is 104 Å². The second-order valence-electron chi connectivity index (χ2n) is 5.70. The Labute approximate surface area is 135 Å². The van der Waals surface area contributed by atoms with Crippen molar-refractivity contribution in [2.24, 2.45) is 0 Å². The summed E-state index contributed by atoms with van der Waals surface area (Å²) in [6.07, 6.45) is 0.543. The van der Waals surface area contributed by atoms with E-state index in [1.807, 2.05) is 6.07 Å². The Balaban J connectivity index is 1.99. The van der Waals surface area contributed by atoms with Gasteiger partial charge in [-0.2, -0.15) is 0 Å². The molecular weight excluding hydrogens is 320 g/mol. The molecule has 0 aromatic heterocycles. The van der Waals surface area contributed by atoms with Gasteiger partial charge in [0.05, 0.1) is 11.5 Å². The first-order valence-electron chi connectivity index (χ1n) is 7.29. The summed E-state index contributed by atoms with van der Waals surface area (Å²) < 4.78 is 23.0. The molecule has 1 heterocycles. The largest absolute Gasteiger partial charge is 0.480 e. The minimum absolute atomic E-state index is 0.0572. The van der Waals surface area contributed by atoms with Crippen molar-refractivity contribution in [1.82, 2.24) is 10.2 Å². The second-order valence-corrected chi connectivity index (χ2v) is 7.93. The van der Waals surface area contributed by atoms with E-state index in [1.165, 1.54) is 11.9 Å². The molecule has 23 heavy (non-hydrogen) atoms. The predicted molar refractivity (Wildman–Crippen MR) is 84.9 cm³/mol. The van der Waals surface area contributed by atoms with E-state index in [9.17, 15) is 23.1 Å². The van der Waals surface area contributed by atoms with Gasteiger partial charge >= 0.3 is 12.0 Å². The van der Waals surface area contributed by atoms with E-state index in [1.54, 1.807) is 24.3 Å². The molecule has 0 spiro atoms. The Morgan fingerprint density at radius 2 is 2.00 bits per heavy atom. The van der Waals surface area contributed by atoms with E-state index in [-0.39, 0.29) is 17.9 Å². The summed E-state index contributed by atoms with van der Waals surface area (Å²) in [5.74, 6) is -1.15. The number of urea groups is 1. The van der Waals surface area contributed by atoms with Gasteiger partial charge in [0.2, 0.25) is 0 Å². The molecule has 2 atom stereocenters. The molecular formula is C15H20N2O5S. The molecule has 2 N–H and O–H groups in total. The number of nitrogens with zero attached hydrogens (tertiary/aromatic N) is 1. The summed E-state index contributed by atoms with van der Waals surface area (Å²) in [6, 6.07) is 6.94. The smallest absolute Gasteiger partial charge is 0.326 e. The van der Waals surface area contributed by atoms with Gasteiger partial charge in [0.15, 0.2) is 9.84 Å². The van der Waals surface area contributed by atoms with Crippen molar-refractivity contribution >= 4 is 21.8 Å². The van der Waals surface area contributed by atoms with Crippen LogP contribution in [0, 0.1) is 0 Å². The van der Waals surface area contributed by atoms with Crippen molar-refractivity contribution in [1.29, 1.82) is 0 Å². The third kappa shape index (κ3) is 4.69. The van der Waals surface area contributed by atoms with E-state index in [0.717, 1.165) is 5.56 Å². The van der Waals surface area contributed by atoms with E-state index in [2.05, 4.69) is 5.32 Å². The van der Waals surface area contributed by atoms with Gasteiger partial charge in [0.1, 0.15) is 6.04 Å². The number of carbonyl (C=O) groups excluding carboxylic acids is 1. The van der Waals surface area contributed by atoms with Gasteiger partial charge in [-0.1, -0.05) is 30.3 Å². The van der Waals surface area contributed by atoms with Crippen LogP contribution in [-0.2, 0) is 21.1 Å². The molecule has 1 fully saturated rings. The summed E-state index contributed by atoms with van der Waals surface area (Å²) in [5, 5.41) is 11.7. The first kappa shape index (κ1) is 17.3. The first-order chi connectivity index (χ1) is 10.8. The Hall–Kier alpha value is -2.09. The molecule has 0 radical (unpaired) electrons. The molecule has 0 bridgehead atoms. The number of sulfone groups is 1. The minimum atomic E-state index is -3.11. The molecule has 1 aliphatic heterocycles. The van der Waals surface area contributed by atoms with Gasteiger partial charge in [-0.3, -0.25) is 0 Å². The molecule has 7 nitrogen and oxygen atoms in total. The van der Waals surface area contributed by atoms with Crippen molar-refractivity contribution in [3.8, 4) is 0 Å². The van der Waals surface area contributed by atoms with Crippen LogP contribution in [0.1, 0.15) is 12.0 Å². The highest BCUT2D eigenvalue weighted by atomic mass is 32.2. The lowest BCUT2D eigenvalue weighted by atomic mass is 10.1. The molecule has 0 aliphatic carbocycles. The summed E-state index contributed by atoms with van der Waals surface area (Å²) in [7, 11) is -1.62. The second kappa shape index (κ2) is 6.99. The van der Waals surface area contributed by atoms with Crippen LogP contribution < -0.4 is 5.32 Å². The Kier molecular flexibility index (Phi) is 5.25. The highest BCUT2D eigenvalue weighted by Gasteiger charge is 2.33. The molecule has 1 saturated heterocycles. The molecule has 2 rings (SSSR count). The molecule has 1 aromatic rings. The van der Waals surface area contributed by atoms with Crippen molar-refractivity contribution in [3.05, 3.63) is 35.9 Å². The summed E-state index contributed by atoms with van der Waals surface area (Å²) >= 11 is 0. The zero-order chi connectivity index (χ0) is 17.0. The average Bonchev–Trinajstić information content (AvgIpc) is 2.86. The monoisotopic (exact) mass is 340 g/mol. The van der Waals surface area contributed by atoms with Gasteiger partial charge in [0, 0.05) is 19.5 Å². The van der Waals surface area contributed by atoms with Crippen molar-refractivity contribution < 1.29 is 23.1 Å². The van der Waals surface area contributed by atoms with Gasteiger partial charge < -0.3 is 15.3 Å². The van der Waals surface area contributed by atoms with Gasteiger partial charge in [-0.15, -0.1) is 0 Å². The Morgan fingerprint density at radius 1 is 1.35 bits per heavy atom. The molecule has 8 heteroatoms. The van der Waals surface area contributed by atoms with E-state index in [4.69, 9.17) is 0 Å². The predicted octanol–water partition coefficient (Wildman–Crippen LogP) is 0.511. The highest BCUT2D eigenvalue weighted by Crippen LogP contribution is 2.16. The van der Waals surface area contributed by atoms with Crippen molar-refractivity contribution in [2.45, 2.75) is 24.9 Å². The van der Waals surface area contributed by atoms with E-state index >= 15 is 0 Å². The Bertz CT molecular complexity index is 674. The van der Waals surface area contributed by atoms with Crippen LogP contribution >= 0.6 is 0 Å². The maximum Gasteiger partial charge on any atom is 0.326 e. The highest BCUT2D eigenvalue weighted by molar-refractivity contribution is 7.91. The average molecular weight is 340 g/mol. The number of rotatable bonds is 5. The maximum absolute atomic E-state index is 12.2. The van der Waals surface area contributed by atoms with Crippen molar-refractivity contribution in [2.75, 3.05) is 18.6 Å². The lowest BCUT2D eigenvalue weighted by molar-refractivity contribution is -0.139. The fourth-order valence-corrected chi connectivity index (χ4v) is 4.32. The zero-order valence-corrected chi connectivity index (χ0v) is 13.6. The van der Waals surface area contributed by atoms with E-state index in [0.29, 0.717) is 6.42 Å². The summed E-state index contributed by atoms with van der Waals surface area (Å²) in [4.78, 5) is 24.8. The number of nitrogens with one attached hydrogen (secondary N) is 1. The third-order valence-corrected chi connectivity index (χ3v) is 5.71. The summed E-state index contributed by atoms with van der Waals surface area (Å²) in [6.45, 7) is 0. The number of carbonyl (C=O) groups is 2. The minimum Gasteiger partial charge on any atom is -0.480 e. The molecule has 1 aliphatic rings. The van der Waals surface area contributed by atoms with Crippen molar-refractivity contribution in [3.63, 3.8) is 0 Å². The first-order valence-corrected chi connectivity index (χ1v) is 9.11. The van der Waals surface area contributed by atoms with Gasteiger partial charge in [-0.05, 0) is 12.0 Å². The number of benzene rings is 1. The zero-order valence-electron chi connectivity index (χ0n) is 12.8. The Morgan fingerprint density at radius 3 is 2.52 bits per heavy atom. The number of amides is 2. The quantitative estimate of drug-likeness (QED) is 0.813. The fraction of sp³-hybridized carbons (Fsp3) is 0.467. The fourth-order valence-electron chi connectivity index (χ4n) is 2.55. The van der Waals surface area contributed by atoms with Gasteiger partial charge in [0.25, 0.3) is 0 Å². The lowest BCUT2D eigenvalue weighted by Gasteiger charge is -2.25. The van der Waals surface area contributed by atoms with Crippen LogP contribution in [0.25, 0.3) is 0 Å². The van der Waals surface area contributed by atoms with Crippen LogP contribution in [0.15, 0.2) is 30.3 Å². The number of carboxylic acid groups (broad SMARTS) is 1. The van der Waals surface area contributed by atoms with Crippen LogP contribution in [0.5, 0.6) is 0 Å². The number of carboxylic acids is 1. The number of hydrogen-bond donors (Lipinski definition) is 2. The summed E-state index contributed by atoms with van der Waals surface area (Å²) in [5.41, 5.74) is 0.797. The number of hydrogen-bond acceptors (Lipinski definition) is 4. The molecule has 1 aromatic carbocycles. The van der Waals surface area contributed by atoms with Crippen LogP contribution in [0.2, 0.25) is 0 Å². The van der Waals surface area contributed by atoms with Crippen LogP contribution in [0.4, 0.5) is 4.79 Å². The van der Waals surface area contributed by atoms with Gasteiger partial charge in [-0.25, -0.2) is 18.0 Å². The van der Waals surface area contributed by atoms with E-state index < -0.39 is 33.9 Å². The van der Waals surface area contributed by atoms with Crippen LogP contribution in [-0.4, -0.2) is 61.1 Å². The maximum atomic E-state index is 12.2. The standard InChI is InChI=1S/C15H20N2O5S/c1-17(12-7-8-23(21,22)10-12)15(20)16-13(14(18)19)9-11-5-3-2-4-6-11/h2-6,12-13H,7-10H2,1H3,(H,16,20)(H,18,19)/t12?,13-/m0/s1. The molecule has 2 amide bonds. The SMILES string of the molecule is CN(C(=O)N[C@@H](Cc1ccccc1)C(=O)O)C1CCS(=O)(=O)C1. The normalized spacial score (nSPS) is 20.7.